The molecule has 0 bridgehead atoms. The Morgan fingerprint density at radius 1 is 1.00 bits per heavy atom. The van der Waals surface area contributed by atoms with Gasteiger partial charge < -0.3 is 19.7 Å². The number of carbonyl (C=O) groups is 2. The summed E-state index contributed by atoms with van der Waals surface area (Å²) in [5, 5.41) is 32.2. The van der Waals surface area contributed by atoms with Crippen LogP contribution >= 0.6 is 0 Å². The van der Waals surface area contributed by atoms with Crippen LogP contribution in [0, 0.1) is 5.92 Å². The summed E-state index contributed by atoms with van der Waals surface area (Å²) in [5.41, 5.74) is 1.96. The molecule has 0 saturated heterocycles. The van der Waals surface area contributed by atoms with Crippen molar-refractivity contribution in [2.45, 2.75) is 53.9 Å². The van der Waals surface area contributed by atoms with Crippen LogP contribution in [0.1, 0.15) is 57.9 Å². The quantitative estimate of drug-likeness (QED) is 0.362. The number of aliphatic hydroxyl groups excluding tert-OH is 1. The highest BCUT2D eigenvalue weighted by Crippen LogP contribution is 2.45. The molecule has 192 valence electrons. The van der Waals surface area contributed by atoms with E-state index in [2.05, 4.69) is 6.58 Å². The first-order valence-electron chi connectivity index (χ1n) is 12.1. The zero-order chi connectivity index (χ0) is 27.3. The number of Topliss-reactive ketones (excluding diaryl/α,β-unsaturated/α-hetero) is 2. The molecule has 3 N–H and O–H groups in total. The molecule has 1 aromatic heterocycles. The van der Waals surface area contributed by atoms with Gasteiger partial charge in [0.2, 0.25) is 5.78 Å². The van der Waals surface area contributed by atoms with Gasteiger partial charge in [0.25, 0.3) is 0 Å². The topological polar surface area (TPSA) is 125 Å². The molecule has 0 unspecified atom stereocenters. The Labute approximate surface area is 214 Å². The Morgan fingerprint density at radius 2 is 1.62 bits per heavy atom. The summed E-state index contributed by atoms with van der Waals surface area (Å²) in [6.45, 7) is 13.1. The second kappa shape index (κ2) is 9.39. The average molecular weight is 503 g/mol. The summed E-state index contributed by atoms with van der Waals surface area (Å²) in [7, 11) is 0. The van der Waals surface area contributed by atoms with Gasteiger partial charge in [-0.25, -0.2) is 0 Å². The van der Waals surface area contributed by atoms with E-state index < -0.39 is 28.7 Å². The van der Waals surface area contributed by atoms with E-state index >= 15 is 0 Å². The molecule has 7 nitrogen and oxygen atoms in total. The Balaban J connectivity index is 2.03. The van der Waals surface area contributed by atoms with Crippen molar-refractivity contribution in [1.29, 1.82) is 0 Å². The Hall–Kier alpha value is -4.13. The summed E-state index contributed by atoms with van der Waals surface area (Å²) in [6.07, 6.45) is 3.80. The van der Waals surface area contributed by atoms with E-state index in [1.165, 1.54) is 6.07 Å². The number of phenols is 2. The van der Waals surface area contributed by atoms with E-state index in [-0.39, 0.29) is 75.3 Å². The Bertz CT molecular complexity index is 1580. The second-order valence-electron chi connectivity index (χ2n) is 10.2. The van der Waals surface area contributed by atoms with E-state index in [0.717, 1.165) is 11.1 Å². The van der Waals surface area contributed by atoms with Crippen molar-refractivity contribution in [2.24, 2.45) is 5.92 Å². The van der Waals surface area contributed by atoms with Crippen molar-refractivity contribution in [1.82, 2.24) is 0 Å². The number of fused-ring (bicyclic) bond motifs is 3. The third-order valence-corrected chi connectivity index (χ3v) is 6.86. The molecule has 0 spiro atoms. The summed E-state index contributed by atoms with van der Waals surface area (Å²) in [6, 6.07) is 1.24. The number of allylic oxidation sites excluding steroid dienone is 8. The van der Waals surface area contributed by atoms with Crippen molar-refractivity contribution in [3.8, 4) is 11.5 Å². The molecule has 0 amide bonds. The van der Waals surface area contributed by atoms with E-state index in [1.54, 1.807) is 13.0 Å². The fourth-order valence-corrected chi connectivity index (χ4v) is 4.83. The van der Waals surface area contributed by atoms with Gasteiger partial charge in [-0.3, -0.25) is 14.4 Å². The van der Waals surface area contributed by atoms with E-state index in [1.807, 2.05) is 33.8 Å². The molecule has 7 heteroatoms. The van der Waals surface area contributed by atoms with Crippen molar-refractivity contribution in [2.75, 3.05) is 0 Å². The largest absolute Gasteiger partial charge is 0.507 e. The fourth-order valence-electron chi connectivity index (χ4n) is 4.83. The van der Waals surface area contributed by atoms with Crippen LogP contribution in [0.4, 0.5) is 0 Å². The SMILES string of the molecule is C=C(C)[C@H]1Cc2c(oc3cc(O)c(CC=C(C)C)c(O)c3c2=O)C2=C1C(=O)C(O)=C(CC=C(C)C)C2=O. The zero-order valence-electron chi connectivity index (χ0n) is 21.6. The maximum atomic E-state index is 13.8. The lowest BCUT2D eigenvalue weighted by molar-refractivity contribution is -0.117. The maximum absolute atomic E-state index is 13.8. The molecule has 2 aromatic rings. The fraction of sp³-hybridized carbons (Fsp3) is 0.300. The van der Waals surface area contributed by atoms with Gasteiger partial charge in [0.1, 0.15) is 28.2 Å². The lowest BCUT2D eigenvalue weighted by Crippen LogP contribution is -2.34. The first-order valence-corrected chi connectivity index (χ1v) is 12.1. The van der Waals surface area contributed by atoms with Gasteiger partial charge >= 0.3 is 0 Å². The predicted octanol–water partition coefficient (Wildman–Crippen LogP) is 5.54. The van der Waals surface area contributed by atoms with Crippen LogP contribution in [0.5, 0.6) is 11.5 Å². The molecule has 0 fully saturated rings. The number of hydrogen-bond acceptors (Lipinski definition) is 7. The molecule has 0 aliphatic heterocycles. The van der Waals surface area contributed by atoms with Crippen molar-refractivity contribution < 1.29 is 29.3 Å². The van der Waals surface area contributed by atoms with Gasteiger partial charge in [-0.05, 0) is 53.9 Å². The van der Waals surface area contributed by atoms with Gasteiger partial charge in [0, 0.05) is 34.3 Å². The first kappa shape index (κ1) is 25.9. The molecule has 1 atom stereocenters. The third-order valence-electron chi connectivity index (χ3n) is 6.86. The van der Waals surface area contributed by atoms with Crippen molar-refractivity contribution in [3.05, 3.63) is 85.5 Å². The number of rotatable bonds is 5. The van der Waals surface area contributed by atoms with Gasteiger partial charge in [0.05, 0.1) is 5.57 Å². The predicted molar refractivity (Wildman–Crippen MR) is 142 cm³/mol. The molecule has 2 aliphatic rings. The maximum Gasteiger partial charge on any atom is 0.225 e. The van der Waals surface area contributed by atoms with Gasteiger partial charge in [-0.15, -0.1) is 0 Å². The normalized spacial score (nSPS) is 17.1. The summed E-state index contributed by atoms with van der Waals surface area (Å²) < 4.78 is 6.02. The minimum atomic E-state index is -0.698. The van der Waals surface area contributed by atoms with E-state index in [0.29, 0.717) is 5.57 Å². The van der Waals surface area contributed by atoms with Crippen LogP contribution < -0.4 is 5.43 Å². The molecule has 1 heterocycles. The molecule has 0 radical (unpaired) electrons. The number of carbonyl (C=O) groups excluding carboxylic acids is 2. The first-order chi connectivity index (χ1) is 17.3. The van der Waals surface area contributed by atoms with E-state index in [4.69, 9.17) is 4.42 Å². The summed E-state index contributed by atoms with van der Waals surface area (Å²) >= 11 is 0. The van der Waals surface area contributed by atoms with Crippen LogP contribution in [-0.4, -0.2) is 26.9 Å². The van der Waals surface area contributed by atoms with Crippen LogP contribution in [0.15, 0.2) is 67.6 Å². The number of hydrogen-bond donors (Lipinski definition) is 3. The molecule has 1 aromatic carbocycles. The highest BCUT2D eigenvalue weighted by molar-refractivity contribution is 6.39. The zero-order valence-corrected chi connectivity index (χ0v) is 21.6. The van der Waals surface area contributed by atoms with Gasteiger partial charge in [-0.2, -0.15) is 0 Å². The minimum absolute atomic E-state index is 0.0149. The van der Waals surface area contributed by atoms with Crippen LogP contribution in [-0.2, 0) is 22.4 Å². The smallest absolute Gasteiger partial charge is 0.225 e. The summed E-state index contributed by atoms with van der Waals surface area (Å²) in [5.74, 6) is -3.34. The molecule has 4 rings (SSSR count). The number of benzene rings is 1. The standard InChI is InChI=1S/C30H30O7/c1-13(2)7-9-16-20(31)12-21-23(25(16)32)27(34)19-11-18(15(5)6)22-24(30(19)37-21)26(33)17(10-8-14(3)4)28(35)29(22)36/h7-8,12,18,31-32,35H,5,9-11H2,1-4,6H3/t18-/m1/s1. The summed E-state index contributed by atoms with van der Waals surface area (Å²) in [4.78, 5) is 40.8. The monoisotopic (exact) mass is 502 g/mol. The molecule has 0 saturated carbocycles. The molecule has 37 heavy (non-hydrogen) atoms. The molecular weight excluding hydrogens is 472 g/mol. The minimum Gasteiger partial charge on any atom is -0.507 e. The van der Waals surface area contributed by atoms with Gasteiger partial charge in [-0.1, -0.05) is 35.5 Å². The number of phenolic OH excluding ortho intramolecular Hbond substituents is 2. The highest BCUT2D eigenvalue weighted by atomic mass is 16.3. The molecular formula is C30H30O7. The Kier molecular flexibility index (Phi) is 6.59. The lowest BCUT2D eigenvalue weighted by Gasteiger charge is -2.31. The van der Waals surface area contributed by atoms with Gasteiger partial charge in [0.15, 0.2) is 17.0 Å². The number of ketones is 2. The van der Waals surface area contributed by atoms with Crippen LogP contribution in [0.2, 0.25) is 0 Å². The molecule has 2 aliphatic carbocycles. The highest BCUT2D eigenvalue weighted by Gasteiger charge is 2.44. The van der Waals surface area contributed by atoms with Crippen molar-refractivity contribution in [3.63, 3.8) is 0 Å². The third kappa shape index (κ3) is 4.24. The number of aromatic hydroxyl groups is 2. The van der Waals surface area contributed by atoms with Crippen molar-refractivity contribution >= 4 is 28.1 Å². The van der Waals surface area contributed by atoms with Crippen LogP contribution in [0.3, 0.4) is 0 Å². The van der Waals surface area contributed by atoms with Crippen LogP contribution in [0.25, 0.3) is 16.5 Å². The Morgan fingerprint density at radius 3 is 2.22 bits per heavy atom. The average Bonchev–Trinajstić information content (AvgIpc) is 2.80. The second-order valence-corrected chi connectivity index (χ2v) is 10.2. The van der Waals surface area contributed by atoms with E-state index in [9.17, 15) is 29.7 Å². The lowest BCUT2D eigenvalue weighted by atomic mass is 9.71. The number of aliphatic hydroxyl groups is 1.